The molecule has 0 atom stereocenters. The smallest absolute Gasteiger partial charge is 0.437 e. The van der Waals surface area contributed by atoms with E-state index in [-0.39, 0.29) is 36.7 Å². The standard InChI is InChI=1S/C22H22F6N2O6S/c1-2-14-37(32,33)36-30-20(22(26,27)28)16-6-10-18(11-7-16)35-13-3-12-34-17-8-4-15(5-9-17)19(29-31)21(23,24)25/h4-11,31H,2-3,12-14H2,1H3. The lowest BCUT2D eigenvalue weighted by Gasteiger charge is -2.12. The molecule has 0 bridgehead atoms. The molecule has 0 saturated heterocycles. The number of rotatable bonds is 12. The summed E-state index contributed by atoms with van der Waals surface area (Å²) in [6, 6.07) is 9.25. The molecule has 0 radical (unpaired) electrons. The number of halogens is 6. The Bertz CT molecular complexity index is 1180. The molecular formula is C22H22F6N2O6S. The summed E-state index contributed by atoms with van der Waals surface area (Å²) in [5, 5.41) is 13.6. The van der Waals surface area contributed by atoms with Crippen LogP contribution in [0.3, 0.4) is 0 Å². The molecule has 8 nitrogen and oxygen atoms in total. The van der Waals surface area contributed by atoms with Crippen LogP contribution in [0.5, 0.6) is 11.5 Å². The highest BCUT2D eigenvalue weighted by atomic mass is 32.2. The molecule has 2 rings (SSSR count). The SMILES string of the molecule is CCCS(=O)(=O)ON=C(c1ccc(OCCCOc2ccc(C(=NO)C(F)(F)F)cc2)cc1)C(F)(F)F. The van der Waals surface area contributed by atoms with Crippen LogP contribution >= 0.6 is 0 Å². The molecule has 0 heterocycles. The van der Waals surface area contributed by atoms with Gasteiger partial charge >= 0.3 is 22.5 Å². The lowest BCUT2D eigenvalue weighted by Crippen LogP contribution is -2.25. The minimum absolute atomic E-state index is 0.103. The molecule has 204 valence electrons. The van der Waals surface area contributed by atoms with Gasteiger partial charge in [0.05, 0.1) is 19.0 Å². The van der Waals surface area contributed by atoms with Gasteiger partial charge in [0.25, 0.3) is 0 Å². The average molecular weight is 556 g/mol. The molecule has 0 aliphatic heterocycles. The molecule has 0 aliphatic carbocycles. The van der Waals surface area contributed by atoms with Crippen molar-refractivity contribution in [2.75, 3.05) is 19.0 Å². The van der Waals surface area contributed by atoms with Crippen LogP contribution in [-0.4, -0.2) is 56.4 Å². The minimum atomic E-state index is -4.97. The number of hydrogen-bond donors (Lipinski definition) is 1. The summed E-state index contributed by atoms with van der Waals surface area (Å²) >= 11 is 0. The number of hydrogen-bond acceptors (Lipinski definition) is 8. The van der Waals surface area contributed by atoms with E-state index in [2.05, 4.69) is 14.6 Å². The van der Waals surface area contributed by atoms with Crippen LogP contribution in [0.4, 0.5) is 26.3 Å². The van der Waals surface area contributed by atoms with Crippen LogP contribution in [0.1, 0.15) is 30.9 Å². The van der Waals surface area contributed by atoms with Gasteiger partial charge in [-0.15, -0.1) is 0 Å². The van der Waals surface area contributed by atoms with E-state index < -0.39 is 45.2 Å². The van der Waals surface area contributed by atoms with Gasteiger partial charge in [0.1, 0.15) is 11.5 Å². The van der Waals surface area contributed by atoms with Gasteiger partial charge in [-0.05, 0) is 55.0 Å². The van der Waals surface area contributed by atoms with Crippen molar-refractivity contribution in [2.24, 2.45) is 10.3 Å². The maximum Gasteiger partial charge on any atom is 0.437 e. The number of ether oxygens (including phenoxy) is 2. The predicted octanol–water partition coefficient (Wildman–Crippen LogP) is 5.30. The normalized spacial score (nSPS) is 13.4. The largest absolute Gasteiger partial charge is 0.493 e. The van der Waals surface area contributed by atoms with Gasteiger partial charge in [-0.2, -0.15) is 34.8 Å². The first-order chi connectivity index (χ1) is 17.3. The van der Waals surface area contributed by atoms with E-state index in [0.29, 0.717) is 6.42 Å². The van der Waals surface area contributed by atoms with Crippen molar-refractivity contribution in [3.05, 3.63) is 59.7 Å². The van der Waals surface area contributed by atoms with Crippen LogP contribution in [0, 0.1) is 0 Å². The van der Waals surface area contributed by atoms with Crippen molar-refractivity contribution < 1.29 is 53.7 Å². The number of benzene rings is 2. The Morgan fingerprint density at radius 2 is 1.24 bits per heavy atom. The van der Waals surface area contributed by atoms with Crippen molar-refractivity contribution in [1.29, 1.82) is 0 Å². The fraction of sp³-hybridized carbons (Fsp3) is 0.364. The van der Waals surface area contributed by atoms with Crippen LogP contribution in [0.15, 0.2) is 58.8 Å². The van der Waals surface area contributed by atoms with Gasteiger partial charge in [-0.1, -0.05) is 17.2 Å². The quantitative estimate of drug-likeness (QED) is 0.125. The molecule has 0 aliphatic rings. The van der Waals surface area contributed by atoms with E-state index in [1.165, 1.54) is 31.2 Å². The third-order valence-electron chi connectivity index (χ3n) is 4.41. The Morgan fingerprint density at radius 1 is 0.811 bits per heavy atom. The van der Waals surface area contributed by atoms with Gasteiger partial charge in [-0.25, -0.2) is 0 Å². The van der Waals surface area contributed by atoms with E-state index >= 15 is 0 Å². The van der Waals surface area contributed by atoms with E-state index in [4.69, 9.17) is 14.7 Å². The lowest BCUT2D eigenvalue weighted by molar-refractivity contribution is -0.0608. The zero-order valence-electron chi connectivity index (χ0n) is 19.2. The molecule has 0 saturated carbocycles. The Balaban J connectivity index is 1.89. The molecule has 0 unspecified atom stereocenters. The Labute approximate surface area is 208 Å². The summed E-state index contributed by atoms with van der Waals surface area (Å²) in [4.78, 5) is 0. The highest BCUT2D eigenvalue weighted by Gasteiger charge is 2.39. The van der Waals surface area contributed by atoms with Gasteiger partial charge in [-0.3, -0.25) is 4.28 Å². The fourth-order valence-electron chi connectivity index (χ4n) is 2.78. The van der Waals surface area contributed by atoms with Gasteiger partial charge in [0.15, 0.2) is 11.4 Å². The third-order valence-corrected chi connectivity index (χ3v) is 5.62. The van der Waals surface area contributed by atoms with E-state index in [0.717, 1.165) is 24.3 Å². The summed E-state index contributed by atoms with van der Waals surface area (Å²) in [5.41, 5.74) is -3.74. The monoisotopic (exact) mass is 556 g/mol. The molecule has 0 aromatic heterocycles. The van der Waals surface area contributed by atoms with Crippen molar-refractivity contribution in [3.63, 3.8) is 0 Å². The molecule has 0 amide bonds. The second-order valence-electron chi connectivity index (χ2n) is 7.32. The number of nitrogens with zero attached hydrogens (tertiary/aromatic N) is 2. The van der Waals surface area contributed by atoms with Crippen molar-refractivity contribution >= 4 is 21.5 Å². The third kappa shape index (κ3) is 9.48. The summed E-state index contributed by atoms with van der Waals surface area (Å²) in [6.07, 6.45) is -9.32. The minimum Gasteiger partial charge on any atom is -0.493 e. The molecule has 2 aromatic carbocycles. The molecule has 2 aromatic rings. The summed E-state index contributed by atoms with van der Waals surface area (Å²) in [5.74, 6) is -0.00661. The predicted molar refractivity (Wildman–Crippen MR) is 121 cm³/mol. The van der Waals surface area contributed by atoms with Crippen LogP contribution in [0.2, 0.25) is 0 Å². The van der Waals surface area contributed by atoms with Crippen LogP contribution in [-0.2, 0) is 14.4 Å². The molecule has 15 heteroatoms. The molecule has 1 N–H and O–H groups in total. The highest BCUT2D eigenvalue weighted by Crippen LogP contribution is 2.26. The summed E-state index contributed by atoms with van der Waals surface area (Å²) < 4.78 is 116. The summed E-state index contributed by atoms with van der Waals surface area (Å²) in [6.45, 7) is 1.74. The van der Waals surface area contributed by atoms with Gasteiger partial charge in [0, 0.05) is 17.5 Å². The molecular weight excluding hydrogens is 534 g/mol. The first-order valence-electron chi connectivity index (χ1n) is 10.6. The molecule has 0 spiro atoms. The van der Waals surface area contributed by atoms with Gasteiger partial charge in [0.2, 0.25) is 0 Å². The van der Waals surface area contributed by atoms with Crippen molar-refractivity contribution in [2.45, 2.75) is 32.1 Å². The zero-order chi connectivity index (χ0) is 27.7. The average Bonchev–Trinajstić information content (AvgIpc) is 2.79. The number of oxime groups is 2. The second-order valence-corrected chi connectivity index (χ2v) is 8.99. The molecule has 0 fully saturated rings. The van der Waals surface area contributed by atoms with Crippen molar-refractivity contribution in [1.82, 2.24) is 0 Å². The van der Waals surface area contributed by atoms with Crippen LogP contribution in [0.25, 0.3) is 0 Å². The molecule has 37 heavy (non-hydrogen) atoms. The summed E-state index contributed by atoms with van der Waals surface area (Å²) in [7, 11) is -4.24. The van der Waals surface area contributed by atoms with E-state index in [1.54, 1.807) is 0 Å². The second kappa shape index (κ2) is 12.7. The number of alkyl halides is 6. The first kappa shape index (κ1) is 29.7. The van der Waals surface area contributed by atoms with Crippen LogP contribution < -0.4 is 9.47 Å². The fourth-order valence-corrected chi connectivity index (χ4v) is 3.55. The van der Waals surface area contributed by atoms with Crippen molar-refractivity contribution in [3.8, 4) is 11.5 Å². The highest BCUT2D eigenvalue weighted by molar-refractivity contribution is 7.86. The van der Waals surface area contributed by atoms with Gasteiger partial charge < -0.3 is 14.7 Å². The Morgan fingerprint density at radius 3 is 1.62 bits per heavy atom. The maximum absolute atomic E-state index is 13.3. The lowest BCUT2D eigenvalue weighted by atomic mass is 10.1. The topological polar surface area (TPSA) is 107 Å². The maximum atomic E-state index is 13.3. The first-order valence-corrected chi connectivity index (χ1v) is 12.2. The Hall–Kier alpha value is -3.49. The zero-order valence-corrected chi connectivity index (χ0v) is 20.0. The van der Waals surface area contributed by atoms with E-state index in [9.17, 15) is 34.8 Å². The Kier molecular flexibility index (Phi) is 10.2. The van der Waals surface area contributed by atoms with E-state index in [1.807, 2.05) is 0 Å².